The fraction of sp³-hybridized carbons (Fsp3) is 0.440. The van der Waals surface area contributed by atoms with Crippen LogP contribution in [0.5, 0.6) is 5.75 Å². The van der Waals surface area contributed by atoms with E-state index in [1.54, 1.807) is 6.20 Å². The first-order valence-corrected chi connectivity index (χ1v) is 11.3. The highest BCUT2D eigenvalue weighted by Gasteiger charge is 2.27. The molecule has 1 saturated carbocycles. The predicted molar refractivity (Wildman–Crippen MR) is 119 cm³/mol. The Hall–Kier alpha value is -2.86. The van der Waals surface area contributed by atoms with Gasteiger partial charge in [0.05, 0.1) is 30.4 Å². The average Bonchev–Trinajstić information content (AvgIpc) is 3.18. The number of para-hydroxylation sites is 1. The van der Waals surface area contributed by atoms with Gasteiger partial charge in [-0.3, -0.25) is 9.78 Å². The van der Waals surface area contributed by atoms with E-state index in [2.05, 4.69) is 15.6 Å². The highest BCUT2D eigenvalue weighted by Crippen LogP contribution is 2.31. The van der Waals surface area contributed by atoms with Crippen molar-refractivity contribution in [1.29, 1.82) is 0 Å². The maximum absolute atomic E-state index is 13.2. The minimum Gasteiger partial charge on any atom is -0.490 e. The lowest BCUT2D eigenvalue weighted by molar-refractivity contribution is 0.0304. The first-order chi connectivity index (χ1) is 15.3. The fourth-order valence-electron chi connectivity index (χ4n) is 4.85. The van der Waals surface area contributed by atoms with Crippen molar-refractivity contribution in [2.75, 3.05) is 26.3 Å². The fourth-order valence-corrected chi connectivity index (χ4v) is 4.85. The van der Waals surface area contributed by atoms with Crippen LogP contribution >= 0.6 is 0 Å². The van der Waals surface area contributed by atoms with Crippen molar-refractivity contribution in [3.63, 3.8) is 0 Å². The highest BCUT2D eigenvalue weighted by molar-refractivity contribution is 6.05. The van der Waals surface area contributed by atoms with Crippen LogP contribution in [0.3, 0.4) is 0 Å². The molecule has 2 fully saturated rings. The van der Waals surface area contributed by atoms with Crippen LogP contribution in [0.1, 0.15) is 36.0 Å². The molecule has 6 heteroatoms. The van der Waals surface area contributed by atoms with Gasteiger partial charge in [-0.15, -0.1) is 0 Å². The lowest BCUT2D eigenvalue weighted by atomic mass is 9.87. The number of pyridine rings is 1. The second-order valence-corrected chi connectivity index (χ2v) is 8.56. The van der Waals surface area contributed by atoms with Crippen molar-refractivity contribution in [2.24, 2.45) is 5.92 Å². The second-order valence-electron chi connectivity index (χ2n) is 8.56. The number of amides is 1. The molecule has 1 aliphatic heterocycles. The highest BCUT2D eigenvalue weighted by atomic mass is 16.5. The number of aromatic nitrogens is 2. The lowest BCUT2D eigenvalue weighted by Gasteiger charge is -2.30. The standard InChI is InChI=1S/C25H29N3O3/c29-25(27-12-14-30-15-13-27)22-18-28(23-10-5-11-26-24(22)23)17-19-6-4-9-21(16-19)31-20-7-2-1-3-8-20/h1-3,5,7-8,10-11,18-19,21H,4,6,9,12-17H2. The molecule has 31 heavy (non-hydrogen) atoms. The van der Waals surface area contributed by atoms with E-state index in [4.69, 9.17) is 9.47 Å². The molecule has 0 radical (unpaired) electrons. The summed E-state index contributed by atoms with van der Waals surface area (Å²) in [6.45, 7) is 3.36. The van der Waals surface area contributed by atoms with Crippen LogP contribution in [0.15, 0.2) is 54.9 Å². The third-order valence-corrected chi connectivity index (χ3v) is 6.40. The van der Waals surface area contributed by atoms with Gasteiger partial charge in [-0.25, -0.2) is 0 Å². The van der Waals surface area contributed by atoms with Crippen LogP contribution in [-0.4, -0.2) is 52.8 Å². The number of benzene rings is 1. The summed E-state index contributed by atoms with van der Waals surface area (Å²) in [6, 6.07) is 14.1. The SMILES string of the molecule is O=C(c1cn(CC2CCCC(Oc3ccccc3)C2)c2cccnc12)N1CCOCC1. The molecule has 1 saturated heterocycles. The smallest absolute Gasteiger partial charge is 0.257 e. The number of ether oxygens (including phenoxy) is 2. The maximum Gasteiger partial charge on any atom is 0.257 e. The van der Waals surface area contributed by atoms with Crippen LogP contribution in [-0.2, 0) is 11.3 Å². The Kier molecular flexibility index (Phi) is 5.89. The van der Waals surface area contributed by atoms with Gasteiger partial charge in [0, 0.05) is 32.0 Å². The van der Waals surface area contributed by atoms with E-state index in [0.717, 1.165) is 36.2 Å². The molecule has 3 aromatic rings. The van der Waals surface area contributed by atoms with Gasteiger partial charge in [0.25, 0.3) is 5.91 Å². The first kappa shape index (κ1) is 20.1. The van der Waals surface area contributed by atoms with Gasteiger partial charge in [-0.05, 0) is 55.9 Å². The summed E-state index contributed by atoms with van der Waals surface area (Å²) < 4.78 is 13.9. The van der Waals surface area contributed by atoms with Crippen molar-refractivity contribution >= 4 is 16.9 Å². The first-order valence-electron chi connectivity index (χ1n) is 11.3. The summed E-state index contributed by atoms with van der Waals surface area (Å²) in [7, 11) is 0. The van der Waals surface area contributed by atoms with Crippen molar-refractivity contribution in [1.82, 2.24) is 14.5 Å². The number of carbonyl (C=O) groups is 1. The Morgan fingerprint density at radius 1 is 1.10 bits per heavy atom. The van der Waals surface area contributed by atoms with E-state index in [0.29, 0.717) is 37.8 Å². The van der Waals surface area contributed by atoms with Crippen LogP contribution < -0.4 is 4.74 Å². The molecule has 5 rings (SSSR count). The molecule has 2 unspecified atom stereocenters. The molecule has 2 aliphatic rings. The summed E-state index contributed by atoms with van der Waals surface area (Å²) in [6.07, 6.45) is 8.50. The average molecular weight is 420 g/mol. The van der Waals surface area contributed by atoms with Crippen molar-refractivity contribution in [3.8, 4) is 5.75 Å². The maximum atomic E-state index is 13.2. The van der Waals surface area contributed by atoms with Gasteiger partial charge in [-0.2, -0.15) is 0 Å². The molecule has 3 heterocycles. The van der Waals surface area contributed by atoms with Gasteiger partial charge in [-0.1, -0.05) is 18.2 Å². The minimum absolute atomic E-state index is 0.0553. The van der Waals surface area contributed by atoms with E-state index < -0.39 is 0 Å². The van der Waals surface area contributed by atoms with Gasteiger partial charge in [0.2, 0.25) is 0 Å². The lowest BCUT2D eigenvalue weighted by Crippen LogP contribution is -2.40. The molecule has 0 spiro atoms. The third-order valence-electron chi connectivity index (χ3n) is 6.40. The molecule has 1 amide bonds. The van der Waals surface area contributed by atoms with Gasteiger partial charge < -0.3 is 18.9 Å². The number of carbonyl (C=O) groups excluding carboxylic acids is 1. The summed E-state index contributed by atoms with van der Waals surface area (Å²) in [5.41, 5.74) is 2.53. The second kappa shape index (κ2) is 9.10. The number of rotatable bonds is 5. The largest absolute Gasteiger partial charge is 0.490 e. The topological polar surface area (TPSA) is 56.6 Å². The quantitative estimate of drug-likeness (QED) is 0.624. The number of morpholine rings is 1. The number of hydrogen-bond donors (Lipinski definition) is 0. The zero-order valence-electron chi connectivity index (χ0n) is 17.8. The molecule has 2 aromatic heterocycles. The van der Waals surface area contributed by atoms with Gasteiger partial charge in [0.1, 0.15) is 11.3 Å². The molecule has 1 aromatic carbocycles. The monoisotopic (exact) mass is 419 g/mol. The normalized spacial score (nSPS) is 21.9. The third kappa shape index (κ3) is 4.44. The Labute approximate surface area is 182 Å². The number of hydrogen-bond acceptors (Lipinski definition) is 4. The predicted octanol–water partition coefficient (Wildman–Crippen LogP) is 4.15. The van der Waals surface area contributed by atoms with E-state index in [9.17, 15) is 4.79 Å². The van der Waals surface area contributed by atoms with Crippen molar-refractivity contribution < 1.29 is 14.3 Å². The molecule has 0 bridgehead atoms. The Bertz CT molecular complexity index is 1030. The summed E-state index contributed by atoms with van der Waals surface area (Å²) in [4.78, 5) is 19.6. The summed E-state index contributed by atoms with van der Waals surface area (Å²) in [5.74, 6) is 1.52. The zero-order chi connectivity index (χ0) is 21.0. The van der Waals surface area contributed by atoms with E-state index in [1.807, 2.05) is 47.5 Å². The van der Waals surface area contributed by atoms with Gasteiger partial charge >= 0.3 is 0 Å². The molecule has 2 atom stereocenters. The Balaban J connectivity index is 1.33. The minimum atomic E-state index is 0.0553. The van der Waals surface area contributed by atoms with Crippen LogP contribution in [0.25, 0.3) is 11.0 Å². The zero-order valence-corrected chi connectivity index (χ0v) is 17.8. The van der Waals surface area contributed by atoms with Crippen molar-refractivity contribution in [2.45, 2.75) is 38.3 Å². The number of fused-ring (bicyclic) bond motifs is 1. The molecular formula is C25H29N3O3. The Morgan fingerprint density at radius 2 is 1.94 bits per heavy atom. The van der Waals surface area contributed by atoms with E-state index in [1.165, 1.54) is 12.8 Å². The molecule has 0 N–H and O–H groups in total. The van der Waals surface area contributed by atoms with Crippen molar-refractivity contribution in [3.05, 3.63) is 60.4 Å². The molecule has 162 valence electrons. The number of nitrogens with zero attached hydrogens (tertiary/aromatic N) is 3. The molecular weight excluding hydrogens is 390 g/mol. The van der Waals surface area contributed by atoms with Crippen LogP contribution in [0, 0.1) is 5.92 Å². The van der Waals surface area contributed by atoms with E-state index >= 15 is 0 Å². The van der Waals surface area contributed by atoms with Crippen LogP contribution in [0.4, 0.5) is 0 Å². The van der Waals surface area contributed by atoms with Gasteiger partial charge in [0.15, 0.2) is 0 Å². The summed E-state index contributed by atoms with van der Waals surface area (Å²) >= 11 is 0. The molecule has 1 aliphatic carbocycles. The van der Waals surface area contributed by atoms with E-state index in [-0.39, 0.29) is 12.0 Å². The Morgan fingerprint density at radius 3 is 2.77 bits per heavy atom. The van der Waals surface area contributed by atoms with Crippen LogP contribution in [0.2, 0.25) is 0 Å². The molecule has 6 nitrogen and oxygen atoms in total. The summed E-state index contributed by atoms with van der Waals surface area (Å²) in [5, 5.41) is 0.